The van der Waals surface area contributed by atoms with Crippen molar-refractivity contribution in [2.75, 3.05) is 6.61 Å². The Morgan fingerprint density at radius 1 is 1.00 bits per heavy atom. The Balaban J connectivity index is 2.69. The fourth-order valence-corrected chi connectivity index (χ4v) is 2.33. The summed E-state index contributed by atoms with van der Waals surface area (Å²) < 4.78 is 23.0. The molecule has 1 amide bonds. The Kier molecular flexibility index (Phi) is 9.48. The molecule has 28 heavy (non-hydrogen) atoms. The average molecular weight is 393 g/mol. The number of hydrogen-bond acceptors (Lipinski definition) is 5. The Labute approximate surface area is 165 Å². The SMILES string of the molecule is CCOC(=O)CCC(CCC(=O)Cc1ccc(F)cc1)=NC(=O)OC(C)(C)C. The van der Waals surface area contributed by atoms with Crippen molar-refractivity contribution < 1.29 is 28.2 Å². The van der Waals surface area contributed by atoms with E-state index in [1.54, 1.807) is 39.8 Å². The number of hydrogen-bond donors (Lipinski definition) is 0. The third kappa shape index (κ3) is 10.5. The van der Waals surface area contributed by atoms with Crippen LogP contribution in [0.1, 0.15) is 58.9 Å². The van der Waals surface area contributed by atoms with Crippen LogP contribution in [-0.2, 0) is 25.5 Å². The van der Waals surface area contributed by atoms with Crippen LogP contribution in [0.2, 0.25) is 0 Å². The second kappa shape index (κ2) is 11.3. The molecule has 6 nitrogen and oxygen atoms in total. The monoisotopic (exact) mass is 393 g/mol. The first-order valence-corrected chi connectivity index (χ1v) is 9.30. The zero-order chi connectivity index (χ0) is 21.2. The summed E-state index contributed by atoms with van der Waals surface area (Å²) in [4.78, 5) is 39.7. The van der Waals surface area contributed by atoms with Gasteiger partial charge in [0, 0.05) is 18.6 Å². The van der Waals surface area contributed by atoms with Crippen molar-refractivity contribution in [1.82, 2.24) is 0 Å². The maximum atomic E-state index is 12.9. The molecule has 0 heterocycles. The van der Waals surface area contributed by atoms with E-state index in [1.165, 1.54) is 12.1 Å². The zero-order valence-corrected chi connectivity index (χ0v) is 16.9. The summed E-state index contributed by atoms with van der Waals surface area (Å²) in [6.07, 6.45) is 0.0828. The third-order valence-electron chi connectivity index (χ3n) is 3.57. The summed E-state index contributed by atoms with van der Waals surface area (Å²) in [5.74, 6) is -0.821. The van der Waals surface area contributed by atoms with Crippen LogP contribution in [0.15, 0.2) is 29.3 Å². The molecule has 0 aliphatic heterocycles. The minimum absolute atomic E-state index is 0.0698. The predicted octanol–water partition coefficient (Wildman–Crippen LogP) is 4.44. The van der Waals surface area contributed by atoms with Gasteiger partial charge in [-0.25, -0.2) is 9.18 Å². The van der Waals surface area contributed by atoms with E-state index in [4.69, 9.17) is 9.47 Å². The number of nitrogens with zero attached hydrogens (tertiary/aromatic N) is 1. The van der Waals surface area contributed by atoms with Crippen molar-refractivity contribution in [2.24, 2.45) is 4.99 Å². The second-order valence-electron chi connectivity index (χ2n) is 7.31. The van der Waals surface area contributed by atoms with Gasteiger partial charge in [0.1, 0.15) is 17.2 Å². The van der Waals surface area contributed by atoms with Crippen molar-refractivity contribution in [2.45, 2.75) is 65.4 Å². The number of carbonyl (C=O) groups excluding carboxylic acids is 3. The topological polar surface area (TPSA) is 82.0 Å². The highest BCUT2D eigenvalue weighted by molar-refractivity contribution is 5.97. The predicted molar refractivity (Wildman–Crippen MR) is 104 cm³/mol. The van der Waals surface area contributed by atoms with E-state index < -0.39 is 17.7 Å². The quantitative estimate of drug-likeness (QED) is 0.458. The van der Waals surface area contributed by atoms with E-state index in [2.05, 4.69) is 4.99 Å². The summed E-state index contributed by atoms with van der Waals surface area (Å²) in [6.45, 7) is 7.16. The molecule has 1 aromatic carbocycles. The molecule has 154 valence electrons. The van der Waals surface area contributed by atoms with Gasteiger partial charge >= 0.3 is 12.1 Å². The largest absolute Gasteiger partial charge is 0.466 e. The molecule has 0 N–H and O–H groups in total. The number of rotatable bonds is 9. The van der Waals surface area contributed by atoms with Crippen LogP contribution in [0.25, 0.3) is 0 Å². The van der Waals surface area contributed by atoms with Crippen LogP contribution in [0.5, 0.6) is 0 Å². The van der Waals surface area contributed by atoms with Crippen LogP contribution in [0.4, 0.5) is 9.18 Å². The van der Waals surface area contributed by atoms with Gasteiger partial charge in [0.25, 0.3) is 0 Å². The highest BCUT2D eigenvalue weighted by Crippen LogP contribution is 2.12. The molecule has 0 spiro atoms. The Morgan fingerprint density at radius 2 is 1.61 bits per heavy atom. The molecule has 0 aliphatic carbocycles. The summed E-state index contributed by atoms with van der Waals surface area (Å²) in [5, 5.41) is 0. The van der Waals surface area contributed by atoms with Crippen molar-refractivity contribution >= 4 is 23.6 Å². The minimum Gasteiger partial charge on any atom is -0.466 e. The Morgan fingerprint density at radius 3 is 2.18 bits per heavy atom. The molecule has 0 atom stereocenters. The lowest BCUT2D eigenvalue weighted by molar-refractivity contribution is -0.142. The molecule has 1 aromatic rings. The fourth-order valence-electron chi connectivity index (χ4n) is 2.33. The van der Waals surface area contributed by atoms with Crippen LogP contribution >= 0.6 is 0 Å². The second-order valence-corrected chi connectivity index (χ2v) is 7.31. The number of esters is 1. The smallest absolute Gasteiger partial charge is 0.434 e. The molecule has 0 saturated heterocycles. The molecule has 0 fully saturated rings. The maximum absolute atomic E-state index is 12.9. The van der Waals surface area contributed by atoms with E-state index in [1.807, 2.05) is 0 Å². The zero-order valence-electron chi connectivity index (χ0n) is 16.9. The van der Waals surface area contributed by atoms with Gasteiger partial charge in [0.15, 0.2) is 0 Å². The molecular weight excluding hydrogens is 365 g/mol. The van der Waals surface area contributed by atoms with Gasteiger partial charge in [-0.15, -0.1) is 0 Å². The maximum Gasteiger partial charge on any atom is 0.434 e. The number of ether oxygens (including phenoxy) is 2. The van der Waals surface area contributed by atoms with Gasteiger partial charge in [-0.3, -0.25) is 9.59 Å². The summed E-state index contributed by atoms with van der Waals surface area (Å²) in [5.41, 5.74) is 0.434. The first-order valence-electron chi connectivity index (χ1n) is 9.30. The van der Waals surface area contributed by atoms with E-state index in [0.29, 0.717) is 11.3 Å². The van der Waals surface area contributed by atoms with E-state index in [9.17, 15) is 18.8 Å². The molecule has 0 unspecified atom stereocenters. The van der Waals surface area contributed by atoms with E-state index in [-0.39, 0.29) is 50.3 Å². The van der Waals surface area contributed by atoms with Gasteiger partial charge in [-0.1, -0.05) is 12.1 Å². The van der Waals surface area contributed by atoms with Gasteiger partial charge in [-0.2, -0.15) is 4.99 Å². The minimum atomic E-state index is -0.752. The van der Waals surface area contributed by atoms with Crippen LogP contribution in [0, 0.1) is 5.82 Å². The van der Waals surface area contributed by atoms with Gasteiger partial charge in [-0.05, 0) is 58.2 Å². The average Bonchev–Trinajstić information content (AvgIpc) is 2.58. The number of Topliss-reactive ketones (excluding diaryl/α,β-unsaturated/α-hetero) is 1. The molecule has 0 radical (unpaired) electrons. The summed E-state index contributed by atoms with van der Waals surface area (Å²) in [6, 6.07) is 5.72. The Bertz CT molecular complexity index is 705. The third-order valence-corrected chi connectivity index (χ3v) is 3.57. The standard InChI is InChI=1S/C21H28FNO5/c1-5-27-19(25)13-11-17(23-20(26)28-21(2,3)4)10-12-18(24)14-15-6-8-16(22)9-7-15/h6-9H,5,10-14H2,1-4H3. The normalized spacial score (nSPS) is 11.8. The van der Waals surface area contributed by atoms with Crippen LogP contribution in [-0.4, -0.2) is 35.8 Å². The number of halogens is 1. The van der Waals surface area contributed by atoms with E-state index >= 15 is 0 Å². The molecule has 0 bridgehead atoms. The first kappa shape index (κ1) is 23.5. The van der Waals surface area contributed by atoms with Crippen molar-refractivity contribution in [3.8, 4) is 0 Å². The summed E-state index contributed by atoms with van der Waals surface area (Å²) >= 11 is 0. The lowest BCUT2D eigenvalue weighted by Crippen LogP contribution is -2.23. The number of aliphatic imine (C=N–C) groups is 1. The van der Waals surface area contributed by atoms with E-state index in [0.717, 1.165) is 0 Å². The lowest BCUT2D eigenvalue weighted by Gasteiger charge is -2.17. The number of amides is 1. The molecule has 1 rings (SSSR count). The number of ketones is 1. The highest BCUT2D eigenvalue weighted by Gasteiger charge is 2.17. The molecule has 7 heteroatoms. The fraction of sp³-hybridized carbons (Fsp3) is 0.524. The number of carbonyl (C=O) groups is 3. The van der Waals surface area contributed by atoms with Gasteiger partial charge in [0.05, 0.1) is 13.0 Å². The Hall–Kier alpha value is -2.57. The van der Waals surface area contributed by atoms with Crippen molar-refractivity contribution in [1.29, 1.82) is 0 Å². The molecule has 0 saturated carbocycles. The first-order chi connectivity index (χ1) is 13.1. The number of benzene rings is 1. The van der Waals surface area contributed by atoms with Crippen LogP contribution < -0.4 is 0 Å². The highest BCUT2D eigenvalue weighted by atomic mass is 19.1. The van der Waals surface area contributed by atoms with Gasteiger partial charge < -0.3 is 9.47 Å². The lowest BCUT2D eigenvalue weighted by atomic mass is 10.0. The van der Waals surface area contributed by atoms with Crippen molar-refractivity contribution in [3.63, 3.8) is 0 Å². The summed E-state index contributed by atoms with van der Waals surface area (Å²) in [7, 11) is 0. The van der Waals surface area contributed by atoms with Crippen LogP contribution in [0.3, 0.4) is 0 Å². The molecule has 0 aliphatic rings. The molecule has 0 aromatic heterocycles. The van der Waals surface area contributed by atoms with Gasteiger partial charge in [0.2, 0.25) is 0 Å². The van der Waals surface area contributed by atoms with Crippen molar-refractivity contribution in [3.05, 3.63) is 35.6 Å². The molecular formula is C21H28FNO5.